The van der Waals surface area contributed by atoms with Crippen LogP contribution in [0.4, 0.5) is 5.69 Å². The first-order valence-electron chi connectivity index (χ1n) is 12.6. The van der Waals surface area contributed by atoms with Gasteiger partial charge in [-0.15, -0.1) is 0 Å². The van der Waals surface area contributed by atoms with Crippen LogP contribution < -0.4 is 9.62 Å². The molecule has 0 radical (unpaired) electrons. The van der Waals surface area contributed by atoms with E-state index in [4.69, 9.17) is 0 Å². The van der Waals surface area contributed by atoms with Crippen LogP contribution in [0.5, 0.6) is 0 Å². The van der Waals surface area contributed by atoms with Crippen LogP contribution in [0.1, 0.15) is 41.5 Å². The summed E-state index contributed by atoms with van der Waals surface area (Å²) in [5.41, 5.74) is 4.51. The number of hydrogen-bond donors (Lipinski definition) is 1. The van der Waals surface area contributed by atoms with E-state index < -0.39 is 10.0 Å². The molecule has 0 aromatic heterocycles. The highest BCUT2D eigenvalue weighted by atomic mass is 32.2. The van der Waals surface area contributed by atoms with Crippen molar-refractivity contribution in [3.63, 3.8) is 0 Å². The molecule has 1 amide bonds. The summed E-state index contributed by atoms with van der Waals surface area (Å²) in [5, 5.41) is 2.97. The average Bonchev–Trinajstić information content (AvgIpc) is 2.88. The number of anilines is 1. The largest absolute Gasteiger partial charge is 0.350 e. The number of nitrogens with zero attached hydrogens (tertiary/aromatic N) is 2. The van der Waals surface area contributed by atoms with Crippen molar-refractivity contribution in [3.05, 3.63) is 95.1 Å². The fourth-order valence-electron chi connectivity index (χ4n) is 4.60. The molecule has 3 aromatic rings. The number of benzene rings is 3. The summed E-state index contributed by atoms with van der Waals surface area (Å²) in [4.78, 5) is 15.7. The molecule has 1 heterocycles. The SMILES string of the molecule is Cc1ccc(S(=O)(=O)N(CC(=O)NCc2ccccc2CN2CCCCC2)c2ccccc2C)cc1. The summed E-state index contributed by atoms with van der Waals surface area (Å²) in [6.45, 7) is 6.88. The second kappa shape index (κ2) is 11.7. The molecule has 1 N–H and O–H groups in total. The fourth-order valence-corrected chi connectivity index (χ4v) is 6.09. The number of carbonyl (C=O) groups excluding carboxylic acids is 1. The lowest BCUT2D eigenvalue weighted by Crippen LogP contribution is -2.41. The van der Waals surface area contributed by atoms with Gasteiger partial charge in [-0.05, 0) is 74.7 Å². The number of aryl methyl sites for hydroxylation is 2. The highest BCUT2D eigenvalue weighted by Crippen LogP contribution is 2.27. The number of para-hydroxylation sites is 1. The number of carbonyl (C=O) groups is 1. The van der Waals surface area contributed by atoms with Crippen molar-refractivity contribution in [3.8, 4) is 0 Å². The number of piperidine rings is 1. The normalized spacial score (nSPS) is 14.4. The van der Waals surface area contributed by atoms with Crippen LogP contribution in [-0.4, -0.2) is 38.9 Å². The fraction of sp³-hybridized carbons (Fsp3) is 0.345. The minimum Gasteiger partial charge on any atom is -0.350 e. The monoisotopic (exact) mass is 505 g/mol. The maximum atomic E-state index is 13.6. The molecule has 190 valence electrons. The molecule has 1 aliphatic heterocycles. The molecule has 0 unspecified atom stereocenters. The van der Waals surface area contributed by atoms with Crippen LogP contribution in [-0.2, 0) is 27.9 Å². The van der Waals surface area contributed by atoms with Gasteiger partial charge in [0.2, 0.25) is 5.91 Å². The van der Waals surface area contributed by atoms with E-state index in [1.807, 2.05) is 44.2 Å². The third-order valence-corrected chi connectivity index (χ3v) is 8.49. The Morgan fingerprint density at radius 1 is 0.861 bits per heavy atom. The molecule has 36 heavy (non-hydrogen) atoms. The standard InChI is InChI=1S/C29H35N3O3S/c1-23-14-16-27(17-15-23)36(34,35)32(28-13-7-4-10-24(28)2)22-29(33)30-20-25-11-5-6-12-26(25)21-31-18-8-3-9-19-31/h4-7,10-17H,3,8-9,18-22H2,1-2H3,(H,30,33). The Bertz CT molecular complexity index is 1280. The molecule has 1 fully saturated rings. The predicted molar refractivity (Wildman–Crippen MR) is 144 cm³/mol. The van der Waals surface area contributed by atoms with Crippen molar-refractivity contribution in [2.24, 2.45) is 0 Å². The molecular formula is C29H35N3O3S. The van der Waals surface area contributed by atoms with Gasteiger partial charge in [-0.25, -0.2) is 8.42 Å². The summed E-state index contributed by atoms with van der Waals surface area (Å²) in [6, 6.07) is 22.1. The quantitative estimate of drug-likeness (QED) is 0.454. The predicted octanol–water partition coefficient (Wildman–Crippen LogP) is 4.80. The lowest BCUT2D eigenvalue weighted by atomic mass is 10.0. The first kappa shape index (κ1) is 25.9. The van der Waals surface area contributed by atoms with Gasteiger partial charge < -0.3 is 5.32 Å². The summed E-state index contributed by atoms with van der Waals surface area (Å²) in [6.07, 6.45) is 3.74. The van der Waals surface area contributed by atoms with Gasteiger partial charge in [0.15, 0.2) is 0 Å². The molecule has 0 aliphatic carbocycles. The van der Waals surface area contributed by atoms with E-state index in [9.17, 15) is 13.2 Å². The minimum absolute atomic E-state index is 0.163. The molecule has 6 nitrogen and oxygen atoms in total. The molecule has 1 aliphatic rings. The van der Waals surface area contributed by atoms with Gasteiger partial charge in [-0.3, -0.25) is 14.0 Å². The molecule has 0 atom stereocenters. The van der Waals surface area contributed by atoms with Crippen molar-refractivity contribution in [2.75, 3.05) is 23.9 Å². The van der Waals surface area contributed by atoms with E-state index >= 15 is 0 Å². The van der Waals surface area contributed by atoms with Crippen LogP contribution in [0.25, 0.3) is 0 Å². The van der Waals surface area contributed by atoms with Crippen LogP contribution in [0.15, 0.2) is 77.7 Å². The highest BCUT2D eigenvalue weighted by molar-refractivity contribution is 7.92. The molecule has 0 spiro atoms. The second-order valence-electron chi connectivity index (χ2n) is 9.49. The summed E-state index contributed by atoms with van der Waals surface area (Å²) in [7, 11) is -3.93. The van der Waals surface area contributed by atoms with Gasteiger partial charge in [0.1, 0.15) is 6.54 Å². The van der Waals surface area contributed by atoms with E-state index in [0.29, 0.717) is 12.2 Å². The van der Waals surface area contributed by atoms with E-state index in [-0.39, 0.29) is 17.3 Å². The second-order valence-corrected chi connectivity index (χ2v) is 11.4. The Hall–Kier alpha value is -3.16. The van der Waals surface area contributed by atoms with Crippen LogP contribution in [0.3, 0.4) is 0 Å². The van der Waals surface area contributed by atoms with Crippen LogP contribution >= 0.6 is 0 Å². The van der Waals surface area contributed by atoms with Gasteiger partial charge >= 0.3 is 0 Å². The topological polar surface area (TPSA) is 69.7 Å². The average molecular weight is 506 g/mol. The van der Waals surface area contributed by atoms with Crippen molar-refractivity contribution in [1.82, 2.24) is 10.2 Å². The number of rotatable bonds is 9. The van der Waals surface area contributed by atoms with Gasteiger partial charge in [0.25, 0.3) is 10.0 Å². The molecule has 7 heteroatoms. The molecule has 1 saturated heterocycles. The van der Waals surface area contributed by atoms with Crippen LogP contribution in [0.2, 0.25) is 0 Å². The van der Waals surface area contributed by atoms with E-state index in [1.165, 1.54) is 29.1 Å². The molecule has 0 saturated carbocycles. The number of nitrogens with one attached hydrogen (secondary N) is 1. The Morgan fingerprint density at radius 3 is 2.19 bits per heavy atom. The zero-order valence-corrected chi connectivity index (χ0v) is 21.9. The number of amides is 1. The third kappa shape index (κ3) is 6.33. The van der Waals surface area contributed by atoms with Crippen molar-refractivity contribution in [1.29, 1.82) is 0 Å². The zero-order chi connectivity index (χ0) is 25.5. The number of hydrogen-bond acceptors (Lipinski definition) is 4. The van der Waals surface area contributed by atoms with Crippen molar-refractivity contribution >= 4 is 21.6 Å². The van der Waals surface area contributed by atoms with Gasteiger partial charge in [0, 0.05) is 13.1 Å². The molecule has 0 bridgehead atoms. The highest BCUT2D eigenvalue weighted by Gasteiger charge is 2.28. The Kier molecular flexibility index (Phi) is 8.44. The van der Waals surface area contributed by atoms with Crippen LogP contribution in [0, 0.1) is 13.8 Å². The third-order valence-electron chi connectivity index (χ3n) is 6.72. The van der Waals surface area contributed by atoms with E-state index in [1.54, 1.807) is 36.4 Å². The first-order chi connectivity index (χ1) is 17.3. The Labute approximate surface area is 215 Å². The lowest BCUT2D eigenvalue weighted by Gasteiger charge is -2.27. The summed E-state index contributed by atoms with van der Waals surface area (Å²) < 4.78 is 28.5. The lowest BCUT2D eigenvalue weighted by molar-refractivity contribution is -0.119. The first-order valence-corrected chi connectivity index (χ1v) is 14.0. The summed E-state index contributed by atoms with van der Waals surface area (Å²) in [5.74, 6) is -0.346. The molecular weight excluding hydrogens is 470 g/mol. The zero-order valence-electron chi connectivity index (χ0n) is 21.1. The minimum atomic E-state index is -3.93. The Morgan fingerprint density at radius 2 is 1.50 bits per heavy atom. The van der Waals surface area contributed by atoms with Gasteiger partial charge in [0.05, 0.1) is 10.6 Å². The smallest absolute Gasteiger partial charge is 0.264 e. The van der Waals surface area contributed by atoms with Gasteiger partial charge in [-0.1, -0.05) is 66.6 Å². The summed E-state index contributed by atoms with van der Waals surface area (Å²) >= 11 is 0. The maximum Gasteiger partial charge on any atom is 0.264 e. The van der Waals surface area contributed by atoms with E-state index in [0.717, 1.165) is 36.3 Å². The maximum absolute atomic E-state index is 13.6. The Balaban J connectivity index is 1.51. The number of sulfonamides is 1. The van der Waals surface area contributed by atoms with Crippen molar-refractivity contribution < 1.29 is 13.2 Å². The molecule has 3 aromatic carbocycles. The van der Waals surface area contributed by atoms with E-state index in [2.05, 4.69) is 16.3 Å². The molecule has 4 rings (SSSR count). The van der Waals surface area contributed by atoms with Crippen molar-refractivity contribution in [2.45, 2.75) is 51.1 Å². The number of likely N-dealkylation sites (tertiary alicyclic amines) is 1. The van der Waals surface area contributed by atoms with Gasteiger partial charge in [-0.2, -0.15) is 0 Å².